The zero-order valence-corrected chi connectivity index (χ0v) is 11.4. The Morgan fingerprint density at radius 3 is 2.83 bits per heavy atom. The number of nitrogens with one attached hydrogen (secondary N) is 1. The SMILES string of the molecule is CCN(CC1CC1)C(=O)c1cnc(C)cc1NC. The van der Waals surface area contributed by atoms with Gasteiger partial charge in [-0.05, 0) is 38.7 Å². The smallest absolute Gasteiger partial charge is 0.257 e. The van der Waals surface area contributed by atoms with Gasteiger partial charge in [0.25, 0.3) is 5.91 Å². The van der Waals surface area contributed by atoms with E-state index in [1.165, 1.54) is 12.8 Å². The Morgan fingerprint density at radius 2 is 2.28 bits per heavy atom. The van der Waals surface area contributed by atoms with Crippen LogP contribution >= 0.6 is 0 Å². The van der Waals surface area contributed by atoms with Crippen molar-refractivity contribution in [1.29, 1.82) is 0 Å². The summed E-state index contributed by atoms with van der Waals surface area (Å²) in [6, 6.07) is 1.91. The average Bonchev–Trinajstić information content (AvgIpc) is 3.19. The number of anilines is 1. The first-order valence-corrected chi connectivity index (χ1v) is 6.59. The molecule has 18 heavy (non-hydrogen) atoms. The summed E-state index contributed by atoms with van der Waals surface area (Å²) < 4.78 is 0. The van der Waals surface area contributed by atoms with E-state index in [0.717, 1.165) is 24.5 Å². The molecule has 0 aromatic carbocycles. The highest BCUT2D eigenvalue weighted by molar-refractivity contribution is 5.99. The molecule has 1 aliphatic rings. The minimum atomic E-state index is 0.0845. The minimum absolute atomic E-state index is 0.0845. The second-order valence-corrected chi connectivity index (χ2v) is 4.91. The van der Waals surface area contributed by atoms with E-state index < -0.39 is 0 Å². The fraction of sp³-hybridized carbons (Fsp3) is 0.571. The van der Waals surface area contributed by atoms with Crippen LogP contribution in [0.25, 0.3) is 0 Å². The van der Waals surface area contributed by atoms with Crippen LogP contribution in [0.4, 0.5) is 5.69 Å². The zero-order valence-electron chi connectivity index (χ0n) is 11.4. The van der Waals surface area contributed by atoms with Gasteiger partial charge in [0.2, 0.25) is 0 Å². The number of rotatable bonds is 5. The third-order valence-corrected chi connectivity index (χ3v) is 3.38. The maximum Gasteiger partial charge on any atom is 0.257 e. The first-order valence-electron chi connectivity index (χ1n) is 6.59. The molecule has 1 saturated carbocycles. The van der Waals surface area contributed by atoms with Crippen LogP contribution in [0.3, 0.4) is 0 Å². The average molecular weight is 247 g/mol. The number of carbonyl (C=O) groups excluding carboxylic acids is 1. The molecule has 1 heterocycles. The summed E-state index contributed by atoms with van der Waals surface area (Å²) in [6.07, 6.45) is 4.20. The Labute approximate surface area is 108 Å². The first kappa shape index (κ1) is 12.9. The van der Waals surface area contributed by atoms with Crippen molar-refractivity contribution >= 4 is 11.6 Å². The van der Waals surface area contributed by atoms with Gasteiger partial charge in [-0.3, -0.25) is 9.78 Å². The number of aromatic nitrogens is 1. The lowest BCUT2D eigenvalue weighted by atomic mass is 10.1. The van der Waals surface area contributed by atoms with Gasteiger partial charge in [0.1, 0.15) is 0 Å². The molecule has 0 atom stereocenters. The van der Waals surface area contributed by atoms with Crippen molar-refractivity contribution in [2.75, 3.05) is 25.5 Å². The van der Waals surface area contributed by atoms with E-state index in [4.69, 9.17) is 0 Å². The summed E-state index contributed by atoms with van der Waals surface area (Å²) >= 11 is 0. The standard InChI is InChI=1S/C14H21N3O/c1-4-17(9-11-5-6-11)14(18)12-8-16-10(2)7-13(12)15-3/h7-8,11H,4-6,9H2,1-3H3,(H,15,16). The number of hydrogen-bond acceptors (Lipinski definition) is 3. The molecule has 0 aliphatic heterocycles. The normalized spacial score (nSPS) is 14.4. The third kappa shape index (κ3) is 2.81. The molecule has 0 radical (unpaired) electrons. The van der Waals surface area contributed by atoms with E-state index in [2.05, 4.69) is 10.3 Å². The summed E-state index contributed by atoms with van der Waals surface area (Å²) in [5.41, 5.74) is 2.45. The molecular weight excluding hydrogens is 226 g/mol. The van der Waals surface area contributed by atoms with E-state index in [1.807, 2.05) is 31.9 Å². The van der Waals surface area contributed by atoms with Gasteiger partial charge in [-0.1, -0.05) is 0 Å². The number of aryl methyl sites for hydroxylation is 1. The van der Waals surface area contributed by atoms with Gasteiger partial charge in [0.15, 0.2) is 0 Å². The molecule has 1 aliphatic carbocycles. The Morgan fingerprint density at radius 1 is 1.56 bits per heavy atom. The second kappa shape index (κ2) is 5.38. The van der Waals surface area contributed by atoms with Crippen molar-refractivity contribution < 1.29 is 4.79 Å². The van der Waals surface area contributed by atoms with Crippen LogP contribution < -0.4 is 5.32 Å². The number of amides is 1. The Kier molecular flexibility index (Phi) is 3.84. The van der Waals surface area contributed by atoms with Crippen molar-refractivity contribution in [1.82, 2.24) is 9.88 Å². The maximum atomic E-state index is 12.5. The molecule has 1 aromatic rings. The summed E-state index contributed by atoms with van der Waals surface area (Å²) in [7, 11) is 1.84. The van der Waals surface area contributed by atoms with Crippen LogP contribution in [0.2, 0.25) is 0 Å². The van der Waals surface area contributed by atoms with E-state index in [9.17, 15) is 4.79 Å². The van der Waals surface area contributed by atoms with Crippen LogP contribution in [-0.2, 0) is 0 Å². The molecule has 1 aromatic heterocycles. The summed E-state index contributed by atoms with van der Waals surface area (Å²) in [5, 5.41) is 3.08. The number of hydrogen-bond donors (Lipinski definition) is 1. The Balaban J connectivity index is 2.19. The van der Waals surface area contributed by atoms with Crippen molar-refractivity contribution in [3.05, 3.63) is 23.5 Å². The zero-order chi connectivity index (χ0) is 13.1. The Bertz CT molecular complexity index is 441. The fourth-order valence-corrected chi connectivity index (χ4v) is 2.08. The third-order valence-electron chi connectivity index (χ3n) is 3.38. The molecule has 0 unspecified atom stereocenters. The van der Waals surface area contributed by atoms with Gasteiger partial charge in [-0.2, -0.15) is 0 Å². The van der Waals surface area contributed by atoms with Crippen molar-refractivity contribution in [3.8, 4) is 0 Å². The van der Waals surface area contributed by atoms with E-state index in [1.54, 1.807) is 6.20 Å². The number of pyridine rings is 1. The van der Waals surface area contributed by atoms with Crippen LogP contribution in [0.15, 0.2) is 12.3 Å². The first-order chi connectivity index (χ1) is 8.65. The topological polar surface area (TPSA) is 45.2 Å². The van der Waals surface area contributed by atoms with E-state index in [-0.39, 0.29) is 5.91 Å². The van der Waals surface area contributed by atoms with Crippen LogP contribution in [0.5, 0.6) is 0 Å². The predicted octanol–water partition coefficient (Wildman–Crippen LogP) is 2.30. The van der Waals surface area contributed by atoms with Gasteiger partial charge in [0, 0.05) is 32.0 Å². The molecule has 0 saturated heterocycles. The molecule has 4 heteroatoms. The molecule has 0 spiro atoms. The highest BCUT2D eigenvalue weighted by atomic mass is 16.2. The van der Waals surface area contributed by atoms with Crippen molar-refractivity contribution in [2.45, 2.75) is 26.7 Å². The monoisotopic (exact) mass is 247 g/mol. The maximum absolute atomic E-state index is 12.5. The van der Waals surface area contributed by atoms with Gasteiger partial charge < -0.3 is 10.2 Å². The summed E-state index contributed by atoms with van der Waals surface area (Å²) in [4.78, 5) is 18.6. The lowest BCUT2D eigenvalue weighted by Gasteiger charge is -2.22. The van der Waals surface area contributed by atoms with Gasteiger partial charge in [-0.15, -0.1) is 0 Å². The fourth-order valence-electron chi connectivity index (χ4n) is 2.08. The highest BCUT2D eigenvalue weighted by Crippen LogP contribution is 2.30. The summed E-state index contributed by atoms with van der Waals surface area (Å²) in [5.74, 6) is 0.798. The number of nitrogens with zero attached hydrogens (tertiary/aromatic N) is 2. The predicted molar refractivity (Wildman–Crippen MR) is 72.8 cm³/mol. The van der Waals surface area contributed by atoms with Crippen LogP contribution in [-0.4, -0.2) is 35.9 Å². The molecule has 1 fully saturated rings. The van der Waals surface area contributed by atoms with Crippen LogP contribution in [0, 0.1) is 12.8 Å². The molecule has 4 nitrogen and oxygen atoms in total. The largest absolute Gasteiger partial charge is 0.387 e. The Hall–Kier alpha value is -1.58. The molecule has 0 bridgehead atoms. The van der Waals surface area contributed by atoms with Crippen LogP contribution in [0.1, 0.15) is 35.8 Å². The molecule has 1 N–H and O–H groups in total. The van der Waals surface area contributed by atoms with Gasteiger partial charge in [-0.25, -0.2) is 0 Å². The van der Waals surface area contributed by atoms with Gasteiger partial charge in [0.05, 0.1) is 11.3 Å². The summed E-state index contributed by atoms with van der Waals surface area (Å²) in [6.45, 7) is 5.59. The minimum Gasteiger partial charge on any atom is -0.387 e. The van der Waals surface area contributed by atoms with E-state index in [0.29, 0.717) is 11.5 Å². The molecular formula is C14H21N3O. The van der Waals surface area contributed by atoms with Crippen molar-refractivity contribution in [2.24, 2.45) is 5.92 Å². The second-order valence-electron chi connectivity index (χ2n) is 4.91. The lowest BCUT2D eigenvalue weighted by Crippen LogP contribution is -2.33. The van der Waals surface area contributed by atoms with Gasteiger partial charge >= 0.3 is 0 Å². The highest BCUT2D eigenvalue weighted by Gasteiger charge is 2.27. The number of carbonyl (C=O) groups is 1. The molecule has 98 valence electrons. The quantitative estimate of drug-likeness (QED) is 0.868. The molecule has 1 amide bonds. The lowest BCUT2D eigenvalue weighted by molar-refractivity contribution is 0.0757. The van der Waals surface area contributed by atoms with E-state index >= 15 is 0 Å². The van der Waals surface area contributed by atoms with Crippen molar-refractivity contribution in [3.63, 3.8) is 0 Å². The molecule has 2 rings (SSSR count).